The second-order valence-electron chi connectivity index (χ2n) is 3.37. The predicted octanol–water partition coefficient (Wildman–Crippen LogP) is 1.32. The van der Waals surface area contributed by atoms with Crippen LogP contribution in [0.5, 0.6) is 0 Å². The van der Waals surface area contributed by atoms with Crippen molar-refractivity contribution in [2.45, 2.75) is 6.42 Å². The van der Waals surface area contributed by atoms with Gasteiger partial charge in [0.25, 0.3) is 0 Å². The summed E-state index contributed by atoms with van der Waals surface area (Å²) < 4.78 is 0. The first-order chi connectivity index (χ1) is 6.45. The van der Waals surface area contributed by atoms with Gasteiger partial charge in [0.05, 0.1) is 11.4 Å². The van der Waals surface area contributed by atoms with E-state index in [-0.39, 0.29) is 0 Å². The third kappa shape index (κ3) is 0.932. The summed E-state index contributed by atoms with van der Waals surface area (Å²) in [5, 5.41) is 0. The zero-order chi connectivity index (χ0) is 8.67. The van der Waals surface area contributed by atoms with Gasteiger partial charge >= 0.3 is 0 Å². The van der Waals surface area contributed by atoms with Gasteiger partial charge in [-0.3, -0.25) is 4.99 Å². The van der Waals surface area contributed by atoms with Crippen LogP contribution < -0.4 is 5.48 Å². The van der Waals surface area contributed by atoms with Gasteiger partial charge in [0, 0.05) is 18.0 Å². The molecule has 3 aliphatic rings. The summed E-state index contributed by atoms with van der Waals surface area (Å²) in [6.07, 6.45) is 9.06. The third-order valence-electron chi connectivity index (χ3n) is 2.61. The number of hydroxylamine groups is 1. The van der Waals surface area contributed by atoms with Crippen LogP contribution in [-0.2, 0) is 4.84 Å². The lowest BCUT2D eigenvalue weighted by molar-refractivity contribution is 0.162. The normalized spacial score (nSPS) is 28.9. The minimum atomic E-state index is 0.531. The fraction of sp³-hybridized carbons (Fsp3) is 0.300. The van der Waals surface area contributed by atoms with E-state index in [1.165, 1.54) is 11.3 Å². The predicted molar refractivity (Wildman–Crippen MR) is 49.9 cm³/mol. The van der Waals surface area contributed by atoms with Gasteiger partial charge in [0.2, 0.25) is 0 Å². The lowest BCUT2D eigenvalue weighted by atomic mass is 9.90. The largest absolute Gasteiger partial charge is 0.390 e. The van der Waals surface area contributed by atoms with Gasteiger partial charge in [-0.25, -0.2) is 5.48 Å². The standard InChI is InChI=1S/C10H10N2O/c1-2-9-8(4-6-13-12-9)10-7(1)3-5-11-10/h1-2,4,6-7,12H,3,5H2. The Balaban J connectivity index is 2.10. The maximum absolute atomic E-state index is 4.99. The Bertz CT molecular complexity index is 363. The lowest BCUT2D eigenvalue weighted by Crippen LogP contribution is -2.24. The summed E-state index contributed by atoms with van der Waals surface area (Å²) in [5.41, 5.74) is 6.29. The zero-order valence-corrected chi connectivity index (χ0v) is 7.16. The number of aliphatic imine (C=N–C) groups is 1. The molecule has 0 amide bonds. The highest BCUT2D eigenvalue weighted by Gasteiger charge is 2.26. The summed E-state index contributed by atoms with van der Waals surface area (Å²) in [4.78, 5) is 9.50. The summed E-state index contributed by atoms with van der Waals surface area (Å²) >= 11 is 0. The highest BCUT2D eigenvalue weighted by molar-refractivity contribution is 6.08. The molecule has 3 heteroatoms. The van der Waals surface area contributed by atoms with Crippen LogP contribution in [0.1, 0.15) is 6.42 Å². The summed E-state index contributed by atoms with van der Waals surface area (Å²) in [6.45, 7) is 0.954. The first-order valence-electron chi connectivity index (χ1n) is 4.50. The quantitative estimate of drug-likeness (QED) is 0.601. The molecular formula is C10H10N2O. The van der Waals surface area contributed by atoms with Crippen LogP contribution in [0.3, 0.4) is 0 Å². The fourth-order valence-corrected chi connectivity index (χ4v) is 1.95. The van der Waals surface area contributed by atoms with Crippen molar-refractivity contribution < 1.29 is 4.84 Å². The molecule has 0 saturated carbocycles. The van der Waals surface area contributed by atoms with Crippen LogP contribution in [0.15, 0.2) is 40.8 Å². The van der Waals surface area contributed by atoms with E-state index in [0.717, 1.165) is 18.7 Å². The molecule has 1 atom stereocenters. The van der Waals surface area contributed by atoms with Crippen molar-refractivity contribution in [1.82, 2.24) is 5.48 Å². The molecule has 2 aliphatic heterocycles. The zero-order valence-electron chi connectivity index (χ0n) is 7.16. The van der Waals surface area contributed by atoms with E-state index in [1.807, 2.05) is 6.08 Å². The van der Waals surface area contributed by atoms with Crippen molar-refractivity contribution in [3.63, 3.8) is 0 Å². The maximum Gasteiger partial charge on any atom is 0.119 e. The number of hydrogen-bond donors (Lipinski definition) is 1. The molecule has 0 aromatic carbocycles. The van der Waals surface area contributed by atoms with Crippen LogP contribution in [0.25, 0.3) is 0 Å². The number of allylic oxidation sites excluding steroid dienone is 4. The SMILES string of the molecule is C1=CC2=C(C=CC3CCN=C23)NO1. The van der Waals surface area contributed by atoms with E-state index in [0.29, 0.717) is 5.92 Å². The summed E-state index contributed by atoms with van der Waals surface area (Å²) in [5.74, 6) is 0.531. The number of nitrogens with one attached hydrogen (secondary N) is 1. The molecule has 13 heavy (non-hydrogen) atoms. The summed E-state index contributed by atoms with van der Waals surface area (Å²) in [6, 6.07) is 0. The molecule has 1 N–H and O–H groups in total. The molecule has 3 nitrogen and oxygen atoms in total. The van der Waals surface area contributed by atoms with E-state index >= 15 is 0 Å². The second-order valence-corrected chi connectivity index (χ2v) is 3.37. The Labute approximate surface area is 76.5 Å². The van der Waals surface area contributed by atoms with Gasteiger partial charge in [0.15, 0.2) is 0 Å². The van der Waals surface area contributed by atoms with Gasteiger partial charge in [-0.1, -0.05) is 6.08 Å². The first kappa shape index (κ1) is 6.95. The third-order valence-corrected chi connectivity index (χ3v) is 2.61. The molecule has 1 aliphatic carbocycles. The van der Waals surface area contributed by atoms with Crippen molar-refractivity contribution in [3.05, 3.63) is 35.8 Å². The molecule has 66 valence electrons. The molecule has 3 rings (SSSR count). The number of hydrogen-bond acceptors (Lipinski definition) is 3. The highest BCUT2D eigenvalue weighted by Crippen LogP contribution is 2.28. The van der Waals surface area contributed by atoms with E-state index in [4.69, 9.17) is 4.84 Å². The van der Waals surface area contributed by atoms with Gasteiger partial charge in [-0.15, -0.1) is 0 Å². The number of nitrogens with zero attached hydrogens (tertiary/aromatic N) is 1. The van der Waals surface area contributed by atoms with E-state index in [1.54, 1.807) is 6.26 Å². The second kappa shape index (κ2) is 2.49. The first-order valence-corrected chi connectivity index (χ1v) is 4.50. The highest BCUT2D eigenvalue weighted by atomic mass is 16.6. The van der Waals surface area contributed by atoms with Crippen LogP contribution in [0, 0.1) is 5.92 Å². The molecule has 0 saturated heterocycles. The summed E-state index contributed by atoms with van der Waals surface area (Å²) in [7, 11) is 0. The van der Waals surface area contributed by atoms with Crippen LogP contribution in [0.4, 0.5) is 0 Å². The number of fused-ring (bicyclic) bond motifs is 2. The van der Waals surface area contributed by atoms with E-state index in [9.17, 15) is 0 Å². The fourth-order valence-electron chi connectivity index (χ4n) is 1.95. The Kier molecular flexibility index (Phi) is 1.33. The number of rotatable bonds is 0. The molecule has 0 fully saturated rings. The van der Waals surface area contributed by atoms with Gasteiger partial charge in [-0.2, -0.15) is 0 Å². The molecule has 0 radical (unpaired) electrons. The Morgan fingerprint density at radius 2 is 2.46 bits per heavy atom. The monoisotopic (exact) mass is 174 g/mol. The molecule has 2 heterocycles. The van der Waals surface area contributed by atoms with Gasteiger partial charge < -0.3 is 4.84 Å². The van der Waals surface area contributed by atoms with E-state index < -0.39 is 0 Å². The van der Waals surface area contributed by atoms with Crippen molar-refractivity contribution >= 4 is 5.71 Å². The van der Waals surface area contributed by atoms with Crippen LogP contribution >= 0.6 is 0 Å². The van der Waals surface area contributed by atoms with Crippen LogP contribution in [-0.4, -0.2) is 12.3 Å². The van der Waals surface area contributed by atoms with Crippen molar-refractivity contribution in [2.24, 2.45) is 10.9 Å². The average molecular weight is 174 g/mol. The maximum atomic E-state index is 4.99. The lowest BCUT2D eigenvalue weighted by Gasteiger charge is -2.21. The van der Waals surface area contributed by atoms with Crippen molar-refractivity contribution in [3.8, 4) is 0 Å². The molecule has 0 spiro atoms. The molecule has 0 bridgehead atoms. The van der Waals surface area contributed by atoms with E-state index in [2.05, 4.69) is 22.6 Å². The molecule has 0 aromatic heterocycles. The van der Waals surface area contributed by atoms with Gasteiger partial charge in [0.1, 0.15) is 6.26 Å². The molecule has 1 unspecified atom stereocenters. The van der Waals surface area contributed by atoms with Crippen LogP contribution in [0.2, 0.25) is 0 Å². The Hall–Kier alpha value is -1.51. The minimum absolute atomic E-state index is 0.531. The van der Waals surface area contributed by atoms with Crippen molar-refractivity contribution in [2.75, 3.05) is 6.54 Å². The van der Waals surface area contributed by atoms with Crippen molar-refractivity contribution in [1.29, 1.82) is 0 Å². The topological polar surface area (TPSA) is 33.6 Å². The Morgan fingerprint density at radius 3 is 3.46 bits per heavy atom. The average Bonchev–Trinajstić information content (AvgIpc) is 2.65. The molecule has 0 aromatic rings. The Morgan fingerprint density at radius 1 is 1.46 bits per heavy atom. The smallest absolute Gasteiger partial charge is 0.119 e. The minimum Gasteiger partial charge on any atom is -0.390 e. The molecular weight excluding hydrogens is 164 g/mol. The van der Waals surface area contributed by atoms with Gasteiger partial charge in [-0.05, 0) is 18.6 Å².